The molecule has 0 saturated carbocycles. The van der Waals surface area contributed by atoms with E-state index in [1.54, 1.807) is 18.2 Å². The second-order valence-corrected chi connectivity index (χ2v) is 5.77. The molecular formula is C12H12BrClN2O4. The number of hydrogen-bond acceptors (Lipinski definition) is 3. The van der Waals surface area contributed by atoms with Crippen LogP contribution in [0.4, 0.5) is 10.5 Å². The van der Waals surface area contributed by atoms with Gasteiger partial charge in [0.15, 0.2) is 0 Å². The lowest BCUT2D eigenvalue weighted by atomic mass is 10.2. The molecule has 20 heavy (non-hydrogen) atoms. The molecule has 2 rings (SSSR count). The number of carboxylic acids is 1. The number of aliphatic hydroxyl groups excluding tert-OH is 1. The molecule has 3 N–H and O–H groups in total. The van der Waals surface area contributed by atoms with Gasteiger partial charge in [0.25, 0.3) is 0 Å². The Bertz CT molecular complexity index is 554. The molecular weight excluding hydrogens is 351 g/mol. The summed E-state index contributed by atoms with van der Waals surface area (Å²) in [6.45, 7) is -0.0194. The molecule has 0 aliphatic carbocycles. The van der Waals surface area contributed by atoms with Gasteiger partial charge in [-0.25, -0.2) is 9.59 Å². The first-order valence-corrected chi connectivity index (χ1v) is 6.99. The van der Waals surface area contributed by atoms with Crippen LogP contribution in [-0.4, -0.2) is 45.8 Å². The molecule has 1 aliphatic heterocycles. The van der Waals surface area contributed by atoms with Crippen LogP contribution in [-0.2, 0) is 4.79 Å². The van der Waals surface area contributed by atoms with Crippen molar-refractivity contribution >= 4 is 45.2 Å². The van der Waals surface area contributed by atoms with Crippen LogP contribution in [0.2, 0.25) is 5.02 Å². The van der Waals surface area contributed by atoms with Gasteiger partial charge in [0.05, 0.1) is 16.8 Å². The van der Waals surface area contributed by atoms with Gasteiger partial charge in [0.1, 0.15) is 6.04 Å². The van der Waals surface area contributed by atoms with Gasteiger partial charge in [-0.1, -0.05) is 27.5 Å². The van der Waals surface area contributed by atoms with Gasteiger partial charge in [-0.15, -0.1) is 0 Å². The average molecular weight is 364 g/mol. The lowest BCUT2D eigenvalue weighted by Crippen LogP contribution is -2.43. The first-order chi connectivity index (χ1) is 9.38. The largest absolute Gasteiger partial charge is 0.480 e. The van der Waals surface area contributed by atoms with Crippen molar-refractivity contribution < 1.29 is 19.8 Å². The first-order valence-electron chi connectivity index (χ1n) is 5.82. The third kappa shape index (κ3) is 3.23. The molecule has 0 aromatic heterocycles. The highest BCUT2D eigenvalue weighted by atomic mass is 79.9. The number of nitrogens with zero attached hydrogens (tertiary/aromatic N) is 1. The van der Waals surface area contributed by atoms with E-state index in [9.17, 15) is 14.7 Å². The number of nitrogens with one attached hydrogen (secondary N) is 1. The Kier molecular flexibility index (Phi) is 4.52. The average Bonchev–Trinajstić information content (AvgIpc) is 2.76. The Morgan fingerprint density at radius 1 is 1.45 bits per heavy atom. The Morgan fingerprint density at radius 2 is 2.15 bits per heavy atom. The van der Waals surface area contributed by atoms with Crippen molar-refractivity contribution in [2.45, 2.75) is 18.6 Å². The summed E-state index contributed by atoms with van der Waals surface area (Å²) in [5, 5.41) is 21.5. The van der Waals surface area contributed by atoms with Crippen molar-refractivity contribution in [3.63, 3.8) is 0 Å². The molecule has 8 heteroatoms. The topological polar surface area (TPSA) is 89.9 Å². The minimum Gasteiger partial charge on any atom is -0.480 e. The number of carbonyl (C=O) groups is 2. The number of urea groups is 1. The number of anilines is 1. The third-order valence-electron chi connectivity index (χ3n) is 2.99. The van der Waals surface area contributed by atoms with Crippen LogP contribution in [0.3, 0.4) is 0 Å². The standard InChI is InChI=1S/C12H12BrClN2O4/c13-6-1-2-8(14)9(3-6)15-12(20)16-5-7(17)4-10(16)11(18)19/h1-3,7,10,17H,4-5H2,(H,15,20)(H,18,19)/t7-,10+/m1/s1. The van der Waals surface area contributed by atoms with Crippen molar-refractivity contribution in [3.05, 3.63) is 27.7 Å². The van der Waals surface area contributed by atoms with Gasteiger partial charge in [0, 0.05) is 17.4 Å². The van der Waals surface area contributed by atoms with Crippen LogP contribution in [0, 0.1) is 0 Å². The van der Waals surface area contributed by atoms with Gasteiger partial charge in [-0.3, -0.25) is 0 Å². The summed E-state index contributed by atoms with van der Waals surface area (Å²) >= 11 is 9.21. The number of carbonyl (C=O) groups excluding carboxylic acids is 1. The number of aliphatic carboxylic acids is 1. The van der Waals surface area contributed by atoms with E-state index in [1.807, 2.05) is 0 Å². The summed E-state index contributed by atoms with van der Waals surface area (Å²) in [6, 6.07) is 3.31. The van der Waals surface area contributed by atoms with Gasteiger partial charge < -0.3 is 20.4 Å². The predicted molar refractivity (Wildman–Crippen MR) is 76.9 cm³/mol. The molecule has 0 unspecified atom stereocenters. The molecule has 0 spiro atoms. The zero-order valence-electron chi connectivity index (χ0n) is 10.2. The number of aliphatic hydroxyl groups is 1. The summed E-state index contributed by atoms with van der Waals surface area (Å²) in [5.74, 6) is -1.14. The lowest BCUT2D eigenvalue weighted by molar-refractivity contribution is -0.141. The van der Waals surface area contributed by atoms with Crippen molar-refractivity contribution in [2.24, 2.45) is 0 Å². The zero-order chi connectivity index (χ0) is 14.9. The zero-order valence-corrected chi connectivity index (χ0v) is 12.6. The van der Waals surface area contributed by atoms with Gasteiger partial charge in [0.2, 0.25) is 0 Å². The Morgan fingerprint density at radius 3 is 2.80 bits per heavy atom. The molecule has 1 heterocycles. The van der Waals surface area contributed by atoms with Crippen molar-refractivity contribution in [3.8, 4) is 0 Å². The van der Waals surface area contributed by atoms with E-state index in [-0.39, 0.29) is 13.0 Å². The molecule has 0 radical (unpaired) electrons. The van der Waals surface area contributed by atoms with Crippen LogP contribution in [0.1, 0.15) is 6.42 Å². The third-order valence-corrected chi connectivity index (χ3v) is 3.82. The number of rotatable bonds is 2. The highest BCUT2D eigenvalue weighted by Gasteiger charge is 2.39. The van der Waals surface area contributed by atoms with Crippen LogP contribution in [0.25, 0.3) is 0 Å². The Balaban J connectivity index is 2.15. The van der Waals surface area contributed by atoms with Crippen molar-refractivity contribution in [2.75, 3.05) is 11.9 Å². The molecule has 2 amide bonds. The quantitative estimate of drug-likeness (QED) is 0.751. The summed E-state index contributed by atoms with van der Waals surface area (Å²) < 4.78 is 0.730. The smallest absolute Gasteiger partial charge is 0.326 e. The maximum absolute atomic E-state index is 12.1. The molecule has 0 bridgehead atoms. The first kappa shape index (κ1) is 15.1. The van der Waals surface area contributed by atoms with Crippen LogP contribution in [0.5, 0.6) is 0 Å². The number of halogens is 2. The Labute approximate surface area is 128 Å². The molecule has 1 aliphatic rings. The van der Waals surface area contributed by atoms with E-state index in [4.69, 9.17) is 16.7 Å². The normalized spacial score (nSPS) is 21.9. The molecule has 108 valence electrons. The van der Waals surface area contributed by atoms with E-state index >= 15 is 0 Å². The van der Waals surface area contributed by atoms with Crippen LogP contribution >= 0.6 is 27.5 Å². The number of β-amino-alcohol motifs (C(OH)–C–C–N with tert-alkyl or cyclic N) is 1. The fraction of sp³-hybridized carbons (Fsp3) is 0.333. The summed E-state index contributed by atoms with van der Waals surface area (Å²) in [6.07, 6.45) is -0.811. The van der Waals surface area contributed by atoms with E-state index < -0.39 is 24.1 Å². The molecule has 1 aromatic rings. The molecule has 1 fully saturated rings. The summed E-state index contributed by atoms with van der Waals surface area (Å²) in [5.41, 5.74) is 0.372. The maximum atomic E-state index is 12.1. The second-order valence-electron chi connectivity index (χ2n) is 4.45. The number of likely N-dealkylation sites (tertiary alicyclic amines) is 1. The van der Waals surface area contributed by atoms with Gasteiger partial charge >= 0.3 is 12.0 Å². The number of benzene rings is 1. The highest BCUT2D eigenvalue weighted by Crippen LogP contribution is 2.27. The minimum atomic E-state index is -1.14. The van der Waals surface area contributed by atoms with E-state index in [0.717, 1.165) is 9.37 Å². The molecule has 1 saturated heterocycles. The van der Waals surface area contributed by atoms with Crippen molar-refractivity contribution in [1.29, 1.82) is 0 Å². The second kappa shape index (κ2) is 5.99. The summed E-state index contributed by atoms with van der Waals surface area (Å²) in [4.78, 5) is 24.3. The number of carboxylic acid groups (broad SMARTS) is 1. The van der Waals surface area contributed by atoms with Gasteiger partial charge in [-0.2, -0.15) is 0 Å². The van der Waals surface area contributed by atoms with E-state index in [2.05, 4.69) is 21.2 Å². The van der Waals surface area contributed by atoms with E-state index in [0.29, 0.717) is 10.7 Å². The van der Waals surface area contributed by atoms with Crippen molar-refractivity contribution in [1.82, 2.24) is 4.90 Å². The van der Waals surface area contributed by atoms with Crippen LogP contribution in [0.15, 0.2) is 22.7 Å². The monoisotopic (exact) mass is 362 g/mol. The predicted octanol–water partition coefficient (Wildman–Crippen LogP) is 2.15. The SMILES string of the molecule is O=C(O)[C@@H]1C[C@@H](O)CN1C(=O)Nc1cc(Br)ccc1Cl. The number of hydrogen-bond donors (Lipinski definition) is 3. The molecule has 6 nitrogen and oxygen atoms in total. The van der Waals surface area contributed by atoms with Gasteiger partial charge in [-0.05, 0) is 18.2 Å². The lowest BCUT2D eigenvalue weighted by Gasteiger charge is -2.22. The molecule has 1 aromatic carbocycles. The highest BCUT2D eigenvalue weighted by molar-refractivity contribution is 9.10. The Hall–Kier alpha value is -1.31. The fourth-order valence-electron chi connectivity index (χ4n) is 2.05. The number of amides is 2. The minimum absolute atomic E-state index is 0.0194. The molecule has 2 atom stereocenters. The fourth-order valence-corrected chi connectivity index (χ4v) is 2.58. The van der Waals surface area contributed by atoms with E-state index in [1.165, 1.54) is 0 Å². The maximum Gasteiger partial charge on any atom is 0.326 e. The van der Waals surface area contributed by atoms with Crippen LogP contribution < -0.4 is 5.32 Å². The summed E-state index contributed by atoms with van der Waals surface area (Å²) in [7, 11) is 0.